The number of rotatable bonds is 5. The molecule has 0 bridgehead atoms. The fourth-order valence-corrected chi connectivity index (χ4v) is 8.46. The molecule has 0 saturated carbocycles. The van der Waals surface area contributed by atoms with Crippen molar-refractivity contribution in [2.24, 2.45) is 7.05 Å². The van der Waals surface area contributed by atoms with Crippen molar-refractivity contribution in [2.75, 3.05) is 4.90 Å². The van der Waals surface area contributed by atoms with E-state index in [1.54, 1.807) is 0 Å². The van der Waals surface area contributed by atoms with Crippen molar-refractivity contribution in [1.29, 1.82) is 0 Å². The zero-order chi connectivity index (χ0) is 35.8. The lowest BCUT2D eigenvalue weighted by molar-refractivity contribution is 0.402. The summed E-state index contributed by atoms with van der Waals surface area (Å²) in [7, 11) is 2.01. The predicted octanol–water partition coefficient (Wildman–Crippen LogP) is 11.9. The molecule has 6 aromatic carbocycles. The molecule has 0 fully saturated rings. The van der Waals surface area contributed by atoms with Crippen molar-refractivity contribution in [3.8, 4) is 17.2 Å². The van der Waals surface area contributed by atoms with Gasteiger partial charge < -0.3 is 9.47 Å². The maximum absolute atomic E-state index is 16.9. The molecule has 1 unspecified atom stereocenters. The van der Waals surface area contributed by atoms with E-state index in [1.807, 2.05) is 86.0 Å². The van der Waals surface area contributed by atoms with Gasteiger partial charge in [0.1, 0.15) is 11.6 Å². The highest BCUT2D eigenvalue weighted by molar-refractivity contribution is 6.16. The van der Waals surface area contributed by atoms with Gasteiger partial charge in [0.2, 0.25) is 0 Å². The van der Waals surface area contributed by atoms with E-state index in [9.17, 15) is 0 Å². The minimum Gasteiger partial charge on any atom is -0.327 e. The number of aromatic nitrogens is 4. The summed E-state index contributed by atoms with van der Waals surface area (Å²) in [6.07, 6.45) is 0.468. The van der Waals surface area contributed by atoms with Crippen LogP contribution in [0.4, 0.5) is 21.5 Å². The SMILES string of the molecule is Cn1c(-c2cccc(C(F)c3ccc4c5ccc6c(c5n(-c5ccccn5)c4c3)N(c3ccccc3)c3ccccc3C6(C)C)c2)nc2ccccc21. The summed E-state index contributed by atoms with van der Waals surface area (Å²) in [5.41, 5.74) is 11.5. The second kappa shape index (κ2) is 11.8. The largest absolute Gasteiger partial charge is 0.327 e. The third-order valence-electron chi connectivity index (χ3n) is 11.1. The molecule has 0 N–H and O–H groups in total. The molecule has 53 heavy (non-hydrogen) atoms. The molecule has 9 aromatic rings. The first-order valence-electron chi connectivity index (χ1n) is 18.0. The summed E-state index contributed by atoms with van der Waals surface area (Å²) in [6.45, 7) is 4.61. The van der Waals surface area contributed by atoms with Crippen molar-refractivity contribution in [3.05, 3.63) is 180 Å². The molecule has 0 aliphatic carbocycles. The van der Waals surface area contributed by atoms with Crippen LogP contribution in [0.5, 0.6) is 0 Å². The Hall–Kier alpha value is -6.53. The van der Waals surface area contributed by atoms with E-state index in [-0.39, 0.29) is 5.41 Å². The molecule has 4 heterocycles. The Morgan fingerprint density at radius 2 is 1.40 bits per heavy atom. The van der Waals surface area contributed by atoms with Gasteiger partial charge in [-0.25, -0.2) is 14.4 Å². The van der Waals surface area contributed by atoms with Crippen LogP contribution >= 0.6 is 0 Å². The minimum absolute atomic E-state index is 0.282. The van der Waals surface area contributed by atoms with Crippen molar-refractivity contribution >= 4 is 49.9 Å². The number of hydrogen-bond acceptors (Lipinski definition) is 3. The second-order valence-electron chi connectivity index (χ2n) is 14.4. The van der Waals surface area contributed by atoms with Crippen molar-refractivity contribution in [1.82, 2.24) is 19.1 Å². The van der Waals surface area contributed by atoms with Gasteiger partial charge in [-0.1, -0.05) is 111 Å². The summed E-state index contributed by atoms with van der Waals surface area (Å²) < 4.78 is 21.2. The fraction of sp³-hybridized carbons (Fsp3) is 0.106. The summed E-state index contributed by atoms with van der Waals surface area (Å²) >= 11 is 0. The van der Waals surface area contributed by atoms with Gasteiger partial charge in [-0.2, -0.15) is 0 Å². The van der Waals surface area contributed by atoms with Gasteiger partial charge in [-0.3, -0.25) is 4.57 Å². The number of benzene rings is 6. The van der Waals surface area contributed by atoms with E-state index in [1.165, 1.54) is 11.1 Å². The topological polar surface area (TPSA) is 38.9 Å². The Kier molecular flexibility index (Phi) is 6.92. The first-order valence-corrected chi connectivity index (χ1v) is 18.0. The number of para-hydroxylation sites is 4. The molecule has 0 radical (unpaired) electrons. The van der Waals surface area contributed by atoms with E-state index in [0.717, 1.165) is 67.1 Å². The second-order valence-corrected chi connectivity index (χ2v) is 14.4. The maximum atomic E-state index is 16.9. The molecule has 256 valence electrons. The van der Waals surface area contributed by atoms with Crippen molar-refractivity contribution in [3.63, 3.8) is 0 Å². The molecular weight excluding hydrogens is 654 g/mol. The van der Waals surface area contributed by atoms with Crippen LogP contribution in [0.3, 0.4) is 0 Å². The molecule has 0 spiro atoms. The number of nitrogens with zero attached hydrogens (tertiary/aromatic N) is 5. The third-order valence-corrected chi connectivity index (χ3v) is 11.1. The highest BCUT2D eigenvalue weighted by Gasteiger charge is 2.39. The number of fused-ring (bicyclic) bond motifs is 7. The molecule has 0 amide bonds. The summed E-state index contributed by atoms with van der Waals surface area (Å²) in [6, 6.07) is 51.6. The zero-order valence-electron chi connectivity index (χ0n) is 29.7. The Morgan fingerprint density at radius 1 is 0.642 bits per heavy atom. The zero-order valence-corrected chi connectivity index (χ0v) is 29.7. The average Bonchev–Trinajstić information content (AvgIpc) is 3.73. The number of hydrogen-bond donors (Lipinski definition) is 0. The molecule has 5 nitrogen and oxygen atoms in total. The third kappa shape index (κ3) is 4.68. The lowest BCUT2D eigenvalue weighted by Gasteiger charge is -2.42. The van der Waals surface area contributed by atoms with E-state index in [0.29, 0.717) is 11.1 Å². The molecule has 3 aromatic heterocycles. The van der Waals surface area contributed by atoms with Gasteiger partial charge in [0.15, 0.2) is 6.17 Å². The summed E-state index contributed by atoms with van der Waals surface area (Å²) in [4.78, 5) is 12.2. The van der Waals surface area contributed by atoms with Crippen LogP contribution in [0.2, 0.25) is 0 Å². The first-order chi connectivity index (χ1) is 25.9. The van der Waals surface area contributed by atoms with Crippen LogP contribution in [-0.4, -0.2) is 19.1 Å². The van der Waals surface area contributed by atoms with Crippen LogP contribution in [0.1, 0.15) is 42.3 Å². The van der Waals surface area contributed by atoms with Crippen LogP contribution in [0, 0.1) is 0 Å². The van der Waals surface area contributed by atoms with E-state index >= 15 is 4.39 Å². The Balaban J connectivity index is 1.20. The standard InChI is InChI=1S/C47H36FN5/c1-47(2)36-18-7-9-20-39(36)52(33-16-5-4-6-17-33)45-37(47)26-25-35-34-24-23-31(29-41(34)53(44(35)45)42-22-11-12-27-49-42)43(48)30-14-13-15-32(28-30)46-50-38-19-8-10-21-40(38)51(46)3/h4-29,43H,1-3H3. The lowest BCUT2D eigenvalue weighted by atomic mass is 9.73. The molecule has 1 aliphatic heterocycles. The van der Waals surface area contributed by atoms with Crippen LogP contribution in [-0.2, 0) is 12.5 Å². The average molecular weight is 690 g/mol. The number of alkyl halides is 1. The summed E-state index contributed by atoms with van der Waals surface area (Å²) in [5.74, 6) is 1.59. The van der Waals surface area contributed by atoms with Crippen LogP contribution in [0.25, 0.3) is 50.0 Å². The number of anilines is 3. The van der Waals surface area contributed by atoms with Gasteiger partial charge in [-0.05, 0) is 76.9 Å². The van der Waals surface area contributed by atoms with Crippen LogP contribution < -0.4 is 4.90 Å². The molecule has 1 aliphatic rings. The molecule has 10 rings (SSSR count). The predicted molar refractivity (Wildman–Crippen MR) is 214 cm³/mol. The summed E-state index contributed by atoms with van der Waals surface area (Å²) in [5, 5.41) is 2.13. The number of halogens is 1. The van der Waals surface area contributed by atoms with Gasteiger partial charge in [0.05, 0.1) is 33.4 Å². The van der Waals surface area contributed by atoms with E-state index in [2.05, 4.69) is 107 Å². The Morgan fingerprint density at radius 3 is 2.23 bits per heavy atom. The van der Waals surface area contributed by atoms with E-state index < -0.39 is 6.17 Å². The molecule has 0 saturated heterocycles. The normalized spacial score (nSPS) is 14.1. The van der Waals surface area contributed by atoms with Crippen LogP contribution in [0.15, 0.2) is 158 Å². The van der Waals surface area contributed by atoms with Crippen molar-refractivity contribution < 1.29 is 4.39 Å². The van der Waals surface area contributed by atoms with Crippen molar-refractivity contribution in [2.45, 2.75) is 25.4 Å². The number of imidazole rings is 1. The fourth-order valence-electron chi connectivity index (χ4n) is 8.46. The highest BCUT2D eigenvalue weighted by atomic mass is 19.1. The molecule has 1 atom stereocenters. The van der Waals surface area contributed by atoms with Gasteiger partial charge in [0, 0.05) is 40.7 Å². The molecule has 6 heteroatoms. The van der Waals surface area contributed by atoms with Gasteiger partial charge >= 0.3 is 0 Å². The molecular formula is C47H36FN5. The Bertz CT molecular complexity index is 2850. The van der Waals surface area contributed by atoms with E-state index in [4.69, 9.17) is 9.97 Å². The minimum atomic E-state index is -1.36. The monoisotopic (exact) mass is 689 g/mol. The van der Waals surface area contributed by atoms with Gasteiger partial charge in [0.25, 0.3) is 0 Å². The first kappa shape index (κ1) is 31.2. The quantitative estimate of drug-likeness (QED) is 0.181. The maximum Gasteiger partial charge on any atom is 0.150 e. The smallest absolute Gasteiger partial charge is 0.150 e. The lowest BCUT2D eigenvalue weighted by Crippen LogP contribution is -2.31. The number of pyridine rings is 1. The van der Waals surface area contributed by atoms with Gasteiger partial charge in [-0.15, -0.1) is 0 Å². The number of aryl methyl sites for hydroxylation is 1. The Labute approximate surface area is 307 Å². The highest BCUT2D eigenvalue weighted by Crippen LogP contribution is 2.55.